The molecule has 0 unspecified atom stereocenters. The minimum Gasteiger partial charge on any atom is -0.478 e. The highest BCUT2D eigenvalue weighted by molar-refractivity contribution is 6.42. The SMILES string of the molecule is Cn1nc(Cc2ccc(Cl)c(Cl)c2)c(C(=O)NCc2ccc(C(=O)O)c(F)c2)c1C(F)F. The van der Waals surface area contributed by atoms with Gasteiger partial charge in [0.15, 0.2) is 0 Å². The van der Waals surface area contributed by atoms with Crippen LogP contribution < -0.4 is 5.32 Å². The molecule has 0 radical (unpaired) electrons. The summed E-state index contributed by atoms with van der Waals surface area (Å²) >= 11 is 11.9. The van der Waals surface area contributed by atoms with Gasteiger partial charge in [-0.3, -0.25) is 9.48 Å². The fraction of sp³-hybridized carbons (Fsp3) is 0.190. The van der Waals surface area contributed by atoms with Gasteiger partial charge in [0.2, 0.25) is 0 Å². The van der Waals surface area contributed by atoms with Gasteiger partial charge in [0.25, 0.3) is 12.3 Å². The number of carboxylic acids is 1. The largest absolute Gasteiger partial charge is 0.478 e. The van der Waals surface area contributed by atoms with Crippen LogP contribution in [0.3, 0.4) is 0 Å². The number of aromatic carboxylic acids is 1. The Morgan fingerprint density at radius 3 is 2.41 bits per heavy atom. The molecule has 0 spiro atoms. The standard InChI is InChI=1S/C21H16Cl2F3N3O3/c1-29-18(19(25)26)17(16(28-29)8-10-3-5-13(22)14(23)6-10)20(30)27-9-11-2-4-12(21(31)32)15(24)7-11/h2-7,19H,8-9H2,1H3,(H,27,30)(H,31,32). The lowest BCUT2D eigenvalue weighted by molar-refractivity contribution is 0.0691. The number of alkyl halides is 2. The number of amides is 1. The minimum atomic E-state index is -2.97. The molecule has 0 aliphatic carbocycles. The van der Waals surface area contributed by atoms with Crippen molar-refractivity contribution >= 4 is 35.1 Å². The van der Waals surface area contributed by atoms with Gasteiger partial charge in [-0.1, -0.05) is 35.3 Å². The highest BCUT2D eigenvalue weighted by Crippen LogP contribution is 2.28. The van der Waals surface area contributed by atoms with Crippen molar-refractivity contribution in [2.24, 2.45) is 7.05 Å². The summed E-state index contributed by atoms with van der Waals surface area (Å²) in [6, 6.07) is 8.07. The summed E-state index contributed by atoms with van der Waals surface area (Å²) in [6.45, 7) is -0.209. The molecular formula is C21H16Cl2F3N3O3. The molecule has 1 aromatic heterocycles. The van der Waals surface area contributed by atoms with Gasteiger partial charge >= 0.3 is 5.97 Å². The van der Waals surface area contributed by atoms with E-state index in [-0.39, 0.29) is 34.8 Å². The van der Waals surface area contributed by atoms with Gasteiger partial charge in [-0.2, -0.15) is 5.10 Å². The summed E-state index contributed by atoms with van der Waals surface area (Å²) in [7, 11) is 1.30. The molecule has 1 heterocycles. The minimum absolute atomic E-state index is 0.0438. The molecule has 1 amide bonds. The van der Waals surface area contributed by atoms with Crippen LogP contribution in [0, 0.1) is 5.82 Å². The Morgan fingerprint density at radius 2 is 1.81 bits per heavy atom. The van der Waals surface area contributed by atoms with Gasteiger partial charge in [-0.05, 0) is 35.4 Å². The lowest BCUT2D eigenvalue weighted by Crippen LogP contribution is -2.25. The molecule has 0 bridgehead atoms. The van der Waals surface area contributed by atoms with Crippen LogP contribution >= 0.6 is 23.2 Å². The lowest BCUT2D eigenvalue weighted by Gasteiger charge is -2.09. The van der Waals surface area contributed by atoms with Crippen molar-refractivity contribution in [3.63, 3.8) is 0 Å². The molecule has 0 saturated carbocycles. The zero-order valence-electron chi connectivity index (χ0n) is 16.5. The number of nitrogens with zero attached hydrogens (tertiary/aromatic N) is 2. The predicted molar refractivity (Wildman–Crippen MR) is 112 cm³/mol. The Morgan fingerprint density at radius 1 is 1.12 bits per heavy atom. The monoisotopic (exact) mass is 485 g/mol. The van der Waals surface area contributed by atoms with E-state index in [2.05, 4.69) is 10.4 Å². The van der Waals surface area contributed by atoms with Crippen molar-refractivity contribution in [3.8, 4) is 0 Å². The first-order chi connectivity index (χ1) is 15.1. The summed E-state index contributed by atoms with van der Waals surface area (Å²) in [4.78, 5) is 23.7. The highest BCUT2D eigenvalue weighted by atomic mass is 35.5. The van der Waals surface area contributed by atoms with E-state index in [1.807, 2.05) is 0 Å². The predicted octanol–water partition coefficient (Wildman–Crippen LogP) is 5.02. The average molecular weight is 486 g/mol. The van der Waals surface area contributed by atoms with Crippen LogP contribution in [0.2, 0.25) is 10.0 Å². The van der Waals surface area contributed by atoms with Crippen molar-refractivity contribution in [1.82, 2.24) is 15.1 Å². The van der Waals surface area contributed by atoms with Crippen LogP contribution in [0.5, 0.6) is 0 Å². The Kier molecular flexibility index (Phi) is 7.10. The number of aromatic nitrogens is 2. The molecule has 0 aliphatic rings. The van der Waals surface area contributed by atoms with Crippen LogP contribution in [-0.2, 0) is 20.0 Å². The van der Waals surface area contributed by atoms with Crippen LogP contribution in [0.25, 0.3) is 0 Å². The second-order valence-electron chi connectivity index (χ2n) is 6.86. The van der Waals surface area contributed by atoms with E-state index >= 15 is 0 Å². The molecule has 11 heteroatoms. The van der Waals surface area contributed by atoms with Crippen LogP contribution in [0.1, 0.15) is 49.7 Å². The molecule has 168 valence electrons. The maximum atomic E-state index is 13.9. The van der Waals surface area contributed by atoms with Gasteiger partial charge < -0.3 is 10.4 Å². The zero-order chi connectivity index (χ0) is 23.6. The topological polar surface area (TPSA) is 84.2 Å². The number of hydrogen-bond acceptors (Lipinski definition) is 3. The Labute approximate surface area is 190 Å². The summed E-state index contributed by atoms with van der Waals surface area (Å²) in [5, 5.41) is 16.0. The third-order valence-electron chi connectivity index (χ3n) is 4.67. The normalized spacial score (nSPS) is 11.1. The molecule has 0 saturated heterocycles. The summed E-state index contributed by atoms with van der Waals surface area (Å²) in [5.41, 5.74) is -0.406. The molecule has 32 heavy (non-hydrogen) atoms. The van der Waals surface area contributed by atoms with Crippen LogP contribution in [0.15, 0.2) is 36.4 Å². The Balaban J connectivity index is 1.88. The first kappa shape index (κ1) is 23.6. The third-order valence-corrected chi connectivity index (χ3v) is 5.41. The molecule has 2 N–H and O–H groups in total. The molecule has 2 aromatic carbocycles. The molecule has 0 aliphatic heterocycles. The van der Waals surface area contributed by atoms with Gasteiger partial charge in [0.1, 0.15) is 11.5 Å². The first-order valence-electron chi connectivity index (χ1n) is 9.16. The summed E-state index contributed by atoms with van der Waals surface area (Å²) < 4.78 is 42.1. The smallest absolute Gasteiger partial charge is 0.338 e. The fourth-order valence-electron chi connectivity index (χ4n) is 3.17. The Hall–Kier alpha value is -3.04. The molecule has 3 rings (SSSR count). The van der Waals surface area contributed by atoms with Crippen molar-refractivity contribution < 1.29 is 27.9 Å². The van der Waals surface area contributed by atoms with E-state index in [4.69, 9.17) is 28.3 Å². The second kappa shape index (κ2) is 9.62. The number of rotatable bonds is 7. The number of halogens is 5. The van der Waals surface area contributed by atoms with Crippen molar-refractivity contribution in [2.75, 3.05) is 0 Å². The number of nitrogens with one attached hydrogen (secondary N) is 1. The first-order valence-corrected chi connectivity index (χ1v) is 9.91. The van der Waals surface area contributed by atoms with Gasteiger partial charge in [-0.15, -0.1) is 0 Å². The average Bonchev–Trinajstić information content (AvgIpc) is 3.04. The second-order valence-corrected chi connectivity index (χ2v) is 7.67. The van der Waals surface area contributed by atoms with E-state index in [1.54, 1.807) is 18.2 Å². The molecule has 0 fully saturated rings. The Bertz CT molecular complexity index is 1200. The molecular weight excluding hydrogens is 470 g/mol. The van der Waals surface area contributed by atoms with Gasteiger partial charge in [0.05, 0.1) is 26.9 Å². The summed E-state index contributed by atoms with van der Waals surface area (Å²) in [6.07, 6.45) is -2.93. The number of aryl methyl sites for hydroxylation is 1. The molecule has 0 atom stereocenters. The van der Waals surface area contributed by atoms with E-state index < -0.39 is 35.4 Å². The van der Waals surface area contributed by atoms with Crippen molar-refractivity contribution in [2.45, 2.75) is 19.4 Å². The zero-order valence-corrected chi connectivity index (χ0v) is 18.0. The highest BCUT2D eigenvalue weighted by Gasteiger charge is 2.28. The quantitative estimate of drug-likeness (QED) is 0.491. The molecule has 3 aromatic rings. The van der Waals surface area contributed by atoms with Crippen LogP contribution in [-0.4, -0.2) is 26.8 Å². The number of carbonyl (C=O) groups excluding carboxylic acids is 1. The van der Waals surface area contributed by atoms with E-state index in [0.29, 0.717) is 10.6 Å². The van der Waals surface area contributed by atoms with E-state index in [9.17, 15) is 22.8 Å². The lowest BCUT2D eigenvalue weighted by atomic mass is 10.0. The van der Waals surface area contributed by atoms with Crippen molar-refractivity contribution in [1.29, 1.82) is 0 Å². The number of hydrogen-bond donors (Lipinski definition) is 2. The van der Waals surface area contributed by atoms with Gasteiger partial charge in [-0.25, -0.2) is 18.0 Å². The maximum absolute atomic E-state index is 13.9. The van der Waals surface area contributed by atoms with Gasteiger partial charge in [0, 0.05) is 20.0 Å². The maximum Gasteiger partial charge on any atom is 0.338 e. The van der Waals surface area contributed by atoms with Crippen molar-refractivity contribution in [3.05, 3.63) is 85.9 Å². The third kappa shape index (κ3) is 5.05. The van der Waals surface area contributed by atoms with E-state index in [0.717, 1.165) is 16.8 Å². The fourth-order valence-corrected chi connectivity index (χ4v) is 3.49. The number of benzene rings is 2. The van der Waals surface area contributed by atoms with Crippen LogP contribution in [0.4, 0.5) is 13.2 Å². The number of carboxylic acid groups (broad SMARTS) is 1. The summed E-state index contributed by atoms with van der Waals surface area (Å²) in [5.74, 6) is -3.23. The molecule has 6 nitrogen and oxygen atoms in total. The number of carbonyl (C=O) groups is 2. The van der Waals surface area contributed by atoms with E-state index in [1.165, 1.54) is 13.1 Å².